The van der Waals surface area contributed by atoms with Crippen molar-refractivity contribution < 1.29 is 4.39 Å². The summed E-state index contributed by atoms with van der Waals surface area (Å²) in [7, 11) is 2.05. The quantitative estimate of drug-likeness (QED) is 0.872. The van der Waals surface area contributed by atoms with Gasteiger partial charge in [-0.05, 0) is 24.3 Å². The number of hydrogen-bond acceptors (Lipinski definition) is 2. The van der Waals surface area contributed by atoms with Crippen LogP contribution < -0.4 is 5.32 Å². The van der Waals surface area contributed by atoms with E-state index in [-0.39, 0.29) is 5.82 Å². The smallest absolute Gasteiger partial charge is 0.123 e. The minimum atomic E-state index is -0.165. The molecule has 1 aromatic carbocycles. The summed E-state index contributed by atoms with van der Waals surface area (Å²) in [5, 5.41) is 4.34. The van der Waals surface area contributed by atoms with Gasteiger partial charge in [0.1, 0.15) is 5.82 Å². The largest absolute Gasteiger partial charge is 0.346 e. The van der Waals surface area contributed by atoms with Gasteiger partial charge in [0.25, 0.3) is 0 Å². The molecule has 18 heavy (non-hydrogen) atoms. The Kier molecular flexibility index (Phi) is 3.06. The topological polar surface area (TPSA) is 20.2 Å². The van der Waals surface area contributed by atoms with Crippen molar-refractivity contribution in [1.82, 2.24) is 14.8 Å². The molecule has 3 nitrogen and oxygen atoms in total. The van der Waals surface area contributed by atoms with E-state index in [4.69, 9.17) is 0 Å². The fourth-order valence-corrected chi connectivity index (χ4v) is 2.63. The normalized spacial score (nSPS) is 17.4. The summed E-state index contributed by atoms with van der Waals surface area (Å²) < 4.78 is 15.4. The second kappa shape index (κ2) is 4.71. The summed E-state index contributed by atoms with van der Waals surface area (Å²) in [5.74, 6) is -0.165. The molecule has 2 heterocycles. The summed E-state index contributed by atoms with van der Waals surface area (Å²) in [6, 6.07) is 7.08. The van der Waals surface area contributed by atoms with E-state index in [1.165, 1.54) is 11.8 Å². The maximum absolute atomic E-state index is 13.2. The lowest BCUT2D eigenvalue weighted by molar-refractivity contribution is 0.229. The Hall–Kier alpha value is -1.39. The third kappa shape index (κ3) is 2.13. The van der Waals surface area contributed by atoms with Gasteiger partial charge in [-0.25, -0.2) is 4.39 Å². The van der Waals surface area contributed by atoms with Crippen molar-refractivity contribution in [3.05, 3.63) is 35.8 Å². The van der Waals surface area contributed by atoms with Crippen LogP contribution in [0.1, 0.15) is 5.69 Å². The Labute approximate surface area is 106 Å². The number of piperazine rings is 1. The van der Waals surface area contributed by atoms with Gasteiger partial charge in [0.2, 0.25) is 0 Å². The van der Waals surface area contributed by atoms with Gasteiger partial charge in [-0.15, -0.1) is 0 Å². The zero-order valence-corrected chi connectivity index (χ0v) is 10.6. The van der Waals surface area contributed by atoms with Gasteiger partial charge < -0.3 is 9.88 Å². The fraction of sp³-hybridized carbons (Fsp3) is 0.429. The second-order valence-corrected chi connectivity index (χ2v) is 4.92. The summed E-state index contributed by atoms with van der Waals surface area (Å²) in [5.41, 5.74) is 2.35. The van der Waals surface area contributed by atoms with E-state index in [0.717, 1.165) is 43.6 Å². The molecule has 4 heteroatoms. The Bertz CT molecular complexity index is 555. The zero-order chi connectivity index (χ0) is 12.5. The zero-order valence-electron chi connectivity index (χ0n) is 10.6. The van der Waals surface area contributed by atoms with Gasteiger partial charge >= 0.3 is 0 Å². The first kappa shape index (κ1) is 11.7. The Morgan fingerprint density at radius 2 is 2.00 bits per heavy atom. The molecule has 1 aliphatic heterocycles. The number of aromatic nitrogens is 1. The molecular weight excluding hydrogens is 229 g/mol. The highest BCUT2D eigenvalue weighted by Gasteiger charge is 2.13. The molecule has 0 spiro atoms. The van der Waals surface area contributed by atoms with Crippen molar-refractivity contribution in [2.45, 2.75) is 6.54 Å². The van der Waals surface area contributed by atoms with E-state index in [1.807, 2.05) is 6.07 Å². The lowest BCUT2D eigenvalue weighted by Crippen LogP contribution is -2.43. The summed E-state index contributed by atoms with van der Waals surface area (Å²) in [6.07, 6.45) is 0. The number of nitrogens with zero attached hydrogens (tertiary/aromatic N) is 2. The first-order valence-corrected chi connectivity index (χ1v) is 6.41. The van der Waals surface area contributed by atoms with E-state index in [1.54, 1.807) is 6.07 Å². The van der Waals surface area contributed by atoms with Crippen LogP contribution in [0.25, 0.3) is 10.9 Å². The molecule has 0 unspecified atom stereocenters. The molecule has 0 radical (unpaired) electrons. The standard InChI is InChI=1S/C14H18FN3/c1-17-13(10-18-6-4-16-5-7-18)9-11-8-12(15)2-3-14(11)17/h2-3,8-9,16H,4-7,10H2,1H3. The lowest BCUT2D eigenvalue weighted by Gasteiger charge is -2.27. The highest BCUT2D eigenvalue weighted by atomic mass is 19.1. The number of benzene rings is 1. The number of hydrogen-bond donors (Lipinski definition) is 1. The van der Waals surface area contributed by atoms with E-state index in [9.17, 15) is 4.39 Å². The Balaban J connectivity index is 1.89. The average Bonchev–Trinajstić information content (AvgIpc) is 2.67. The van der Waals surface area contributed by atoms with Crippen LogP contribution in [-0.2, 0) is 13.6 Å². The molecule has 3 rings (SSSR count). The predicted octanol–water partition coefficient (Wildman–Crippen LogP) is 1.72. The molecule has 1 aliphatic rings. The molecular formula is C14H18FN3. The monoisotopic (exact) mass is 247 g/mol. The molecule has 1 saturated heterocycles. The van der Waals surface area contributed by atoms with Crippen molar-refractivity contribution in [2.75, 3.05) is 26.2 Å². The molecule has 1 N–H and O–H groups in total. The van der Waals surface area contributed by atoms with Crippen LogP contribution in [0.4, 0.5) is 4.39 Å². The van der Waals surface area contributed by atoms with E-state index in [0.29, 0.717) is 0 Å². The van der Waals surface area contributed by atoms with Crippen molar-refractivity contribution in [1.29, 1.82) is 0 Å². The minimum Gasteiger partial charge on any atom is -0.346 e. The van der Waals surface area contributed by atoms with Gasteiger partial charge in [-0.3, -0.25) is 4.90 Å². The molecule has 1 aromatic heterocycles. The molecule has 1 fully saturated rings. The number of fused-ring (bicyclic) bond motifs is 1. The maximum Gasteiger partial charge on any atom is 0.123 e. The third-order valence-electron chi connectivity index (χ3n) is 3.70. The first-order chi connectivity index (χ1) is 8.74. The van der Waals surface area contributed by atoms with Gasteiger partial charge in [-0.1, -0.05) is 0 Å². The van der Waals surface area contributed by atoms with Gasteiger partial charge in [0.05, 0.1) is 0 Å². The highest BCUT2D eigenvalue weighted by molar-refractivity contribution is 5.81. The lowest BCUT2D eigenvalue weighted by atomic mass is 10.2. The average molecular weight is 247 g/mol. The van der Waals surface area contributed by atoms with Gasteiger partial charge in [0.15, 0.2) is 0 Å². The van der Waals surface area contributed by atoms with Crippen molar-refractivity contribution in [3.8, 4) is 0 Å². The summed E-state index contributed by atoms with van der Waals surface area (Å²) in [4.78, 5) is 2.43. The van der Waals surface area contributed by atoms with Crippen LogP contribution in [0.2, 0.25) is 0 Å². The molecule has 0 saturated carbocycles. The van der Waals surface area contributed by atoms with Crippen molar-refractivity contribution >= 4 is 10.9 Å². The fourth-order valence-electron chi connectivity index (χ4n) is 2.63. The van der Waals surface area contributed by atoms with Crippen LogP contribution in [-0.4, -0.2) is 35.6 Å². The third-order valence-corrected chi connectivity index (χ3v) is 3.70. The SMILES string of the molecule is Cn1c(CN2CCNCC2)cc2cc(F)ccc21. The van der Waals surface area contributed by atoms with Crippen LogP contribution in [0.15, 0.2) is 24.3 Å². The Morgan fingerprint density at radius 3 is 2.78 bits per heavy atom. The number of halogens is 1. The van der Waals surface area contributed by atoms with Crippen molar-refractivity contribution in [2.24, 2.45) is 7.05 Å². The van der Waals surface area contributed by atoms with Crippen LogP contribution >= 0.6 is 0 Å². The number of aryl methyl sites for hydroxylation is 1. The van der Waals surface area contributed by atoms with Gasteiger partial charge in [-0.2, -0.15) is 0 Å². The second-order valence-electron chi connectivity index (χ2n) is 4.92. The molecule has 96 valence electrons. The predicted molar refractivity (Wildman–Crippen MR) is 71.0 cm³/mol. The Morgan fingerprint density at radius 1 is 1.22 bits per heavy atom. The van der Waals surface area contributed by atoms with Crippen molar-refractivity contribution in [3.63, 3.8) is 0 Å². The molecule has 0 aliphatic carbocycles. The molecule has 0 atom stereocenters. The van der Waals surface area contributed by atoms with Crippen LogP contribution in [0.3, 0.4) is 0 Å². The van der Waals surface area contributed by atoms with Gasteiger partial charge in [0, 0.05) is 56.4 Å². The molecule has 0 bridgehead atoms. The van der Waals surface area contributed by atoms with E-state index >= 15 is 0 Å². The van der Waals surface area contributed by atoms with Crippen LogP contribution in [0.5, 0.6) is 0 Å². The van der Waals surface area contributed by atoms with Crippen LogP contribution in [0, 0.1) is 5.82 Å². The maximum atomic E-state index is 13.2. The highest BCUT2D eigenvalue weighted by Crippen LogP contribution is 2.21. The molecule has 0 amide bonds. The summed E-state index contributed by atoms with van der Waals surface area (Å²) >= 11 is 0. The van der Waals surface area contributed by atoms with E-state index < -0.39 is 0 Å². The molecule has 2 aromatic rings. The number of nitrogens with one attached hydrogen (secondary N) is 1. The summed E-state index contributed by atoms with van der Waals surface area (Å²) in [6.45, 7) is 5.21. The number of rotatable bonds is 2. The minimum absolute atomic E-state index is 0.165. The van der Waals surface area contributed by atoms with E-state index in [2.05, 4.69) is 27.9 Å². The first-order valence-electron chi connectivity index (χ1n) is 6.41.